The number of aromatic amines is 1. The third-order valence-electron chi connectivity index (χ3n) is 3.39. The van der Waals surface area contributed by atoms with Crippen molar-refractivity contribution in [3.8, 4) is 11.3 Å². The van der Waals surface area contributed by atoms with Gasteiger partial charge < -0.3 is 9.64 Å². The Morgan fingerprint density at radius 2 is 1.90 bits per heavy atom. The normalized spacial score (nSPS) is 15.3. The van der Waals surface area contributed by atoms with E-state index >= 15 is 0 Å². The van der Waals surface area contributed by atoms with Gasteiger partial charge in [-0.25, -0.2) is 4.98 Å². The molecule has 1 saturated heterocycles. The largest absolute Gasteiger partial charge is 0.378 e. The molecule has 0 saturated carbocycles. The second-order valence-electron chi connectivity index (χ2n) is 4.92. The van der Waals surface area contributed by atoms with Crippen LogP contribution in [0.15, 0.2) is 35.1 Å². The average molecular weight is 271 g/mol. The van der Waals surface area contributed by atoms with Crippen LogP contribution in [0.3, 0.4) is 0 Å². The molecule has 0 unspecified atom stereocenters. The quantitative estimate of drug-likeness (QED) is 0.901. The molecule has 2 aromatic rings. The fourth-order valence-electron chi connectivity index (χ4n) is 2.24. The lowest BCUT2D eigenvalue weighted by atomic mass is 10.1. The monoisotopic (exact) mass is 271 g/mol. The van der Waals surface area contributed by atoms with Crippen LogP contribution in [-0.4, -0.2) is 36.3 Å². The van der Waals surface area contributed by atoms with Crippen LogP contribution in [0.5, 0.6) is 0 Å². The van der Waals surface area contributed by atoms with Crippen molar-refractivity contribution >= 4 is 5.95 Å². The van der Waals surface area contributed by atoms with Gasteiger partial charge in [0.2, 0.25) is 5.95 Å². The lowest BCUT2D eigenvalue weighted by Gasteiger charge is -2.27. The molecule has 0 aliphatic carbocycles. The van der Waals surface area contributed by atoms with Crippen molar-refractivity contribution in [2.75, 3.05) is 31.2 Å². The number of morpholine rings is 1. The first-order valence-electron chi connectivity index (χ1n) is 6.73. The highest BCUT2D eigenvalue weighted by atomic mass is 16.5. The van der Waals surface area contributed by atoms with E-state index in [9.17, 15) is 4.79 Å². The van der Waals surface area contributed by atoms with E-state index in [1.165, 1.54) is 11.6 Å². The van der Waals surface area contributed by atoms with Gasteiger partial charge in [0, 0.05) is 24.7 Å². The number of ether oxygens (including phenoxy) is 1. The number of anilines is 1. The number of hydrogen-bond acceptors (Lipinski definition) is 4. The first-order valence-corrected chi connectivity index (χ1v) is 6.73. The van der Waals surface area contributed by atoms with E-state index in [4.69, 9.17) is 4.74 Å². The van der Waals surface area contributed by atoms with E-state index in [2.05, 4.69) is 9.97 Å². The van der Waals surface area contributed by atoms with Gasteiger partial charge in [0.25, 0.3) is 5.56 Å². The Labute approximate surface area is 117 Å². The Balaban J connectivity index is 1.97. The molecule has 1 aliphatic rings. The van der Waals surface area contributed by atoms with Gasteiger partial charge in [-0.05, 0) is 6.92 Å². The number of rotatable bonds is 2. The van der Waals surface area contributed by atoms with Gasteiger partial charge >= 0.3 is 0 Å². The second-order valence-corrected chi connectivity index (χ2v) is 4.92. The van der Waals surface area contributed by atoms with Crippen LogP contribution in [0, 0.1) is 6.92 Å². The van der Waals surface area contributed by atoms with Crippen molar-refractivity contribution in [1.82, 2.24) is 9.97 Å². The number of benzene rings is 1. The predicted octanol–water partition coefficient (Wildman–Crippen LogP) is 1.58. The molecule has 2 heterocycles. The maximum absolute atomic E-state index is 11.8. The smallest absolute Gasteiger partial charge is 0.252 e. The fourth-order valence-corrected chi connectivity index (χ4v) is 2.24. The zero-order valence-corrected chi connectivity index (χ0v) is 11.4. The summed E-state index contributed by atoms with van der Waals surface area (Å²) in [5, 5.41) is 0. The minimum Gasteiger partial charge on any atom is -0.378 e. The lowest BCUT2D eigenvalue weighted by molar-refractivity contribution is 0.122. The van der Waals surface area contributed by atoms with Gasteiger partial charge in [0.05, 0.1) is 18.9 Å². The Bertz CT molecular complexity index is 643. The van der Waals surface area contributed by atoms with E-state index < -0.39 is 0 Å². The van der Waals surface area contributed by atoms with Crippen LogP contribution in [-0.2, 0) is 4.74 Å². The molecule has 3 rings (SSSR count). The summed E-state index contributed by atoms with van der Waals surface area (Å²) in [6.07, 6.45) is 0. The summed E-state index contributed by atoms with van der Waals surface area (Å²) in [5.41, 5.74) is 2.72. The molecular formula is C15H17N3O2. The standard InChI is InChI=1S/C15H17N3O2/c1-11-2-4-12(5-3-11)13-10-14(19)17-15(16-13)18-6-8-20-9-7-18/h2-5,10H,6-9H2,1H3,(H,16,17,19). The van der Waals surface area contributed by atoms with Crippen molar-refractivity contribution in [3.05, 3.63) is 46.2 Å². The van der Waals surface area contributed by atoms with Crippen LogP contribution in [0.1, 0.15) is 5.56 Å². The molecule has 1 N–H and O–H groups in total. The van der Waals surface area contributed by atoms with Gasteiger partial charge in [-0.15, -0.1) is 0 Å². The third-order valence-corrected chi connectivity index (χ3v) is 3.39. The molecular weight excluding hydrogens is 254 g/mol. The summed E-state index contributed by atoms with van der Waals surface area (Å²) < 4.78 is 5.32. The summed E-state index contributed by atoms with van der Waals surface area (Å²) in [7, 11) is 0. The summed E-state index contributed by atoms with van der Waals surface area (Å²) in [6.45, 7) is 4.87. The van der Waals surface area contributed by atoms with Crippen molar-refractivity contribution in [2.45, 2.75) is 6.92 Å². The van der Waals surface area contributed by atoms with E-state index in [1.54, 1.807) is 0 Å². The molecule has 0 radical (unpaired) electrons. The molecule has 104 valence electrons. The molecule has 1 aromatic heterocycles. The lowest BCUT2D eigenvalue weighted by Crippen LogP contribution is -2.38. The van der Waals surface area contributed by atoms with Crippen molar-refractivity contribution < 1.29 is 4.74 Å². The first-order chi connectivity index (χ1) is 9.72. The molecule has 5 heteroatoms. The van der Waals surface area contributed by atoms with E-state index in [-0.39, 0.29) is 5.56 Å². The van der Waals surface area contributed by atoms with Crippen molar-refractivity contribution in [3.63, 3.8) is 0 Å². The summed E-state index contributed by atoms with van der Waals surface area (Å²) in [5.74, 6) is 0.622. The highest BCUT2D eigenvalue weighted by Gasteiger charge is 2.14. The van der Waals surface area contributed by atoms with Crippen LogP contribution < -0.4 is 10.5 Å². The number of hydrogen-bond donors (Lipinski definition) is 1. The van der Waals surface area contributed by atoms with Crippen LogP contribution in [0.25, 0.3) is 11.3 Å². The van der Waals surface area contributed by atoms with E-state index in [1.807, 2.05) is 36.1 Å². The summed E-state index contributed by atoms with van der Waals surface area (Å²) in [6, 6.07) is 9.55. The fraction of sp³-hybridized carbons (Fsp3) is 0.333. The molecule has 0 bridgehead atoms. The Morgan fingerprint density at radius 3 is 2.60 bits per heavy atom. The number of aryl methyl sites for hydroxylation is 1. The highest BCUT2D eigenvalue weighted by molar-refractivity contribution is 5.60. The minimum absolute atomic E-state index is 0.128. The van der Waals surface area contributed by atoms with Gasteiger partial charge in [-0.3, -0.25) is 9.78 Å². The minimum atomic E-state index is -0.128. The Morgan fingerprint density at radius 1 is 1.20 bits per heavy atom. The Kier molecular flexibility index (Phi) is 3.52. The molecule has 0 spiro atoms. The number of nitrogens with one attached hydrogen (secondary N) is 1. The van der Waals surface area contributed by atoms with Crippen molar-refractivity contribution in [1.29, 1.82) is 0 Å². The van der Waals surface area contributed by atoms with Gasteiger partial charge in [-0.2, -0.15) is 0 Å². The summed E-state index contributed by atoms with van der Waals surface area (Å²) in [4.78, 5) is 21.3. The van der Waals surface area contributed by atoms with E-state index in [0.29, 0.717) is 24.9 Å². The number of aromatic nitrogens is 2. The van der Waals surface area contributed by atoms with E-state index in [0.717, 1.165) is 18.7 Å². The van der Waals surface area contributed by atoms with Gasteiger partial charge in [0.15, 0.2) is 0 Å². The average Bonchev–Trinajstić information content (AvgIpc) is 2.48. The van der Waals surface area contributed by atoms with Crippen LogP contribution in [0.4, 0.5) is 5.95 Å². The third kappa shape index (κ3) is 2.72. The zero-order chi connectivity index (χ0) is 13.9. The summed E-state index contributed by atoms with van der Waals surface area (Å²) >= 11 is 0. The molecule has 20 heavy (non-hydrogen) atoms. The zero-order valence-electron chi connectivity index (χ0n) is 11.4. The maximum atomic E-state index is 11.8. The number of H-pyrrole nitrogens is 1. The Hall–Kier alpha value is -2.14. The first kappa shape index (κ1) is 12.9. The van der Waals surface area contributed by atoms with Gasteiger partial charge in [0.1, 0.15) is 0 Å². The molecule has 0 atom stereocenters. The topological polar surface area (TPSA) is 58.2 Å². The predicted molar refractivity (Wildman–Crippen MR) is 78.1 cm³/mol. The SMILES string of the molecule is Cc1ccc(-c2cc(=O)[nH]c(N3CCOCC3)n2)cc1. The van der Waals surface area contributed by atoms with Gasteiger partial charge in [-0.1, -0.05) is 29.8 Å². The van der Waals surface area contributed by atoms with Crippen LogP contribution in [0.2, 0.25) is 0 Å². The molecule has 1 fully saturated rings. The van der Waals surface area contributed by atoms with Crippen molar-refractivity contribution in [2.24, 2.45) is 0 Å². The maximum Gasteiger partial charge on any atom is 0.252 e. The second kappa shape index (κ2) is 5.46. The highest BCUT2D eigenvalue weighted by Crippen LogP contribution is 2.18. The molecule has 1 aliphatic heterocycles. The molecule has 0 amide bonds. The van der Waals surface area contributed by atoms with Crippen LogP contribution >= 0.6 is 0 Å². The number of nitrogens with zero attached hydrogens (tertiary/aromatic N) is 2. The molecule has 1 aromatic carbocycles. The molecule has 5 nitrogen and oxygen atoms in total.